The van der Waals surface area contributed by atoms with Crippen LogP contribution in [0, 0.1) is 12.8 Å². The molecule has 2 rings (SSSR count). The Morgan fingerprint density at radius 2 is 2.05 bits per heavy atom. The van der Waals surface area contributed by atoms with Crippen LogP contribution in [0.1, 0.15) is 12.0 Å². The monoisotopic (exact) mass is 265 g/mol. The summed E-state index contributed by atoms with van der Waals surface area (Å²) in [6.45, 7) is 1.93. The van der Waals surface area contributed by atoms with Crippen molar-refractivity contribution in [2.45, 2.75) is 19.4 Å². The van der Waals surface area contributed by atoms with E-state index in [2.05, 4.69) is 0 Å². The second-order valence-electron chi connectivity index (χ2n) is 4.80. The summed E-state index contributed by atoms with van der Waals surface area (Å²) < 4.78 is 10.7. The van der Waals surface area contributed by atoms with Crippen molar-refractivity contribution in [3.63, 3.8) is 0 Å². The number of anilines is 1. The van der Waals surface area contributed by atoms with Gasteiger partial charge in [0.05, 0.1) is 25.8 Å². The van der Waals surface area contributed by atoms with Gasteiger partial charge in [-0.15, -0.1) is 0 Å². The Kier molecular flexibility index (Phi) is 3.55. The fraction of sp³-hybridized carbons (Fsp3) is 0.500. The molecule has 1 aliphatic carbocycles. The van der Waals surface area contributed by atoms with Crippen molar-refractivity contribution >= 4 is 11.7 Å². The number of carboxylic acid groups (broad SMARTS) is 1. The summed E-state index contributed by atoms with van der Waals surface area (Å²) in [6, 6.07) is 3.82. The van der Waals surface area contributed by atoms with Gasteiger partial charge < -0.3 is 19.5 Å². The molecule has 1 aliphatic rings. The molecule has 5 nitrogen and oxygen atoms in total. The van der Waals surface area contributed by atoms with E-state index in [4.69, 9.17) is 14.6 Å². The molecule has 0 aliphatic heterocycles. The van der Waals surface area contributed by atoms with E-state index in [9.17, 15) is 4.79 Å². The topological polar surface area (TPSA) is 59.0 Å². The van der Waals surface area contributed by atoms with Crippen molar-refractivity contribution in [1.29, 1.82) is 0 Å². The highest BCUT2D eigenvalue weighted by molar-refractivity contribution is 5.77. The average Bonchev–Trinajstić information content (AvgIpc) is 3.17. The standard InChI is InChI=1S/C14H19NO4/c1-8-12(18-3)6-5-10(13(8)19-4)15(2)11-7-9(11)14(16)17/h5-6,9,11H,7H2,1-4H3,(H,16,17). The summed E-state index contributed by atoms with van der Waals surface area (Å²) in [5.74, 6) is 0.482. The molecule has 0 aromatic heterocycles. The summed E-state index contributed by atoms with van der Waals surface area (Å²) >= 11 is 0. The lowest BCUT2D eigenvalue weighted by molar-refractivity contribution is -0.138. The van der Waals surface area contributed by atoms with Gasteiger partial charge in [0.15, 0.2) is 0 Å². The van der Waals surface area contributed by atoms with Gasteiger partial charge >= 0.3 is 5.97 Å². The molecule has 0 saturated heterocycles. The van der Waals surface area contributed by atoms with Crippen LogP contribution in [0.5, 0.6) is 11.5 Å². The number of aliphatic carboxylic acids is 1. The van der Waals surface area contributed by atoms with Crippen molar-refractivity contribution in [3.05, 3.63) is 17.7 Å². The number of nitrogens with zero attached hydrogens (tertiary/aromatic N) is 1. The lowest BCUT2D eigenvalue weighted by atomic mass is 10.1. The number of hydrogen-bond donors (Lipinski definition) is 1. The normalized spacial score (nSPS) is 20.8. The SMILES string of the molecule is COc1ccc(N(C)C2CC2C(=O)O)c(OC)c1C. The fourth-order valence-corrected chi connectivity index (χ4v) is 2.47. The van der Waals surface area contributed by atoms with Crippen molar-refractivity contribution in [3.8, 4) is 11.5 Å². The summed E-state index contributed by atoms with van der Waals surface area (Å²) in [4.78, 5) is 12.9. The van der Waals surface area contributed by atoms with E-state index in [0.29, 0.717) is 6.42 Å². The molecule has 0 spiro atoms. The van der Waals surface area contributed by atoms with Gasteiger partial charge in [-0.25, -0.2) is 0 Å². The van der Waals surface area contributed by atoms with Gasteiger partial charge in [0.25, 0.3) is 0 Å². The van der Waals surface area contributed by atoms with E-state index in [0.717, 1.165) is 22.7 Å². The van der Waals surface area contributed by atoms with Crippen molar-refractivity contribution in [2.75, 3.05) is 26.2 Å². The Bertz CT molecular complexity index is 500. The van der Waals surface area contributed by atoms with E-state index in [1.54, 1.807) is 14.2 Å². The maximum absolute atomic E-state index is 11.0. The smallest absolute Gasteiger partial charge is 0.308 e. The molecule has 1 aromatic rings. The molecule has 1 fully saturated rings. The molecular formula is C14H19NO4. The van der Waals surface area contributed by atoms with Gasteiger partial charge in [-0.3, -0.25) is 4.79 Å². The third-order valence-corrected chi connectivity index (χ3v) is 3.71. The van der Waals surface area contributed by atoms with E-state index >= 15 is 0 Å². The predicted molar refractivity (Wildman–Crippen MR) is 72.2 cm³/mol. The first-order chi connectivity index (χ1) is 9.01. The molecule has 2 atom stereocenters. The Hall–Kier alpha value is -1.91. The third-order valence-electron chi connectivity index (χ3n) is 3.71. The van der Waals surface area contributed by atoms with Crippen LogP contribution < -0.4 is 14.4 Å². The highest BCUT2D eigenvalue weighted by Gasteiger charge is 2.46. The van der Waals surface area contributed by atoms with E-state index in [-0.39, 0.29) is 12.0 Å². The first kappa shape index (κ1) is 13.5. The van der Waals surface area contributed by atoms with Crippen LogP contribution in [0.15, 0.2) is 12.1 Å². The highest BCUT2D eigenvalue weighted by atomic mass is 16.5. The van der Waals surface area contributed by atoms with Gasteiger partial charge in [0, 0.05) is 18.7 Å². The Balaban J connectivity index is 2.30. The van der Waals surface area contributed by atoms with Crippen LogP contribution in [0.4, 0.5) is 5.69 Å². The molecule has 0 radical (unpaired) electrons. The van der Waals surface area contributed by atoms with Crippen LogP contribution in [0.3, 0.4) is 0 Å². The lowest BCUT2D eigenvalue weighted by Gasteiger charge is -2.23. The second-order valence-corrected chi connectivity index (χ2v) is 4.80. The minimum atomic E-state index is -0.735. The number of benzene rings is 1. The van der Waals surface area contributed by atoms with Gasteiger partial charge in [-0.2, -0.15) is 0 Å². The maximum Gasteiger partial charge on any atom is 0.308 e. The summed E-state index contributed by atoms with van der Waals surface area (Å²) in [7, 11) is 5.13. The molecule has 0 amide bonds. The minimum absolute atomic E-state index is 0.0409. The molecule has 1 aromatic carbocycles. The molecule has 0 heterocycles. The maximum atomic E-state index is 11.0. The number of hydrogen-bond acceptors (Lipinski definition) is 4. The Morgan fingerprint density at radius 3 is 2.53 bits per heavy atom. The first-order valence-electron chi connectivity index (χ1n) is 6.18. The van der Waals surface area contributed by atoms with Gasteiger partial charge in [0.2, 0.25) is 0 Å². The molecule has 1 N–H and O–H groups in total. The van der Waals surface area contributed by atoms with Gasteiger partial charge in [0.1, 0.15) is 11.5 Å². The third kappa shape index (κ3) is 2.32. The number of rotatable bonds is 5. The molecular weight excluding hydrogens is 246 g/mol. The van der Waals surface area contributed by atoms with E-state index < -0.39 is 5.97 Å². The van der Waals surface area contributed by atoms with Crippen molar-refractivity contribution in [2.24, 2.45) is 5.92 Å². The number of ether oxygens (including phenoxy) is 2. The second kappa shape index (κ2) is 4.99. The highest BCUT2D eigenvalue weighted by Crippen LogP contribution is 2.43. The summed E-state index contributed by atoms with van der Waals surface area (Å²) in [5.41, 5.74) is 1.82. The largest absolute Gasteiger partial charge is 0.496 e. The number of carbonyl (C=O) groups is 1. The Morgan fingerprint density at radius 1 is 1.37 bits per heavy atom. The zero-order chi connectivity index (χ0) is 14.2. The summed E-state index contributed by atoms with van der Waals surface area (Å²) in [5, 5.41) is 9.00. The van der Waals surface area contributed by atoms with Crippen molar-refractivity contribution in [1.82, 2.24) is 0 Å². The molecule has 104 valence electrons. The van der Waals surface area contributed by atoms with Crippen molar-refractivity contribution < 1.29 is 19.4 Å². The van der Waals surface area contributed by atoms with Crippen LogP contribution in [0.2, 0.25) is 0 Å². The number of carboxylic acids is 1. The zero-order valence-electron chi connectivity index (χ0n) is 11.6. The van der Waals surface area contributed by atoms with Crippen LogP contribution in [-0.2, 0) is 4.79 Å². The zero-order valence-corrected chi connectivity index (χ0v) is 11.6. The number of methoxy groups -OCH3 is 2. The fourth-order valence-electron chi connectivity index (χ4n) is 2.47. The minimum Gasteiger partial charge on any atom is -0.496 e. The van der Waals surface area contributed by atoms with E-state index in [1.807, 2.05) is 31.0 Å². The molecule has 19 heavy (non-hydrogen) atoms. The summed E-state index contributed by atoms with van der Waals surface area (Å²) in [6.07, 6.45) is 0.681. The van der Waals surface area contributed by atoms with Gasteiger partial charge in [-0.1, -0.05) is 0 Å². The lowest BCUT2D eigenvalue weighted by Crippen LogP contribution is -2.24. The Labute approximate surface area is 112 Å². The molecule has 1 saturated carbocycles. The molecule has 2 unspecified atom stereocenters. The average molecular weight is 265 g/mol. The van der Waals surface area contributed by atoms with Crippen LogP contribution in [-0.4, -0.2) is 38.4 Å². The van der Waals surface area contributed by atoms with Crippen LogP contribution in [0.25, 0.3) is 0 Å². The predicted octanol–water partition coefficient (Wildman–Crippen LogP) is 1.92. The van der Waals surface area contributed by atoms with E-state index in [1.165, 1.54) is 0 Å². The quantitative estimate of drug-likeness (QED) is 0.881. The van der Waals surface area contributed by atoms with Gasteiger partial charge in [-0.05, 0) is 25.5 Å². The molecule has 5 heteroatoms. The van der Waals surface area contributed by atoms with Crippen LogP contribution >= 0.6 is 0 Å². The molecule has 0 bridgehead atoms. The first-order valence-corrected chi connectivity index (χ1v) is 6.18.